The first-order valence-corrected chi connectivity index (χ1v) is 7.28. The highest BCUT2D eigenvalue weighted by molar-refractivity contribution is 7.89. The second-order valence-electron chi connectivity index (χ2n) is 4.26. The molecular formula is C12H18N2O4S. The molecule has 6 nitrogen and oxygen atoms in total. The maximum absolute atomic E-state index is 11.9. The van der Waals surface area contributed by atoms with Gasteiger partial charge in [-0.25, -0.2) is 13.1 Å². The van der Waals surface area contributed by atoms with Crippen molar-refractivity contribution in [3.63, 3.8) is 0 Å². The minimum atomic E-state index is -3.68. The normalized spacial score (nSPS) is 13.0. The van der Waals surface area contributed by atoms with Gasteiger partial charge in [-0.1, -0.05) is 18.2 Å². The molecule has 0 aromatic heterocycles. The van der Waals surface area contributed by atoms with Crippen LogP contribution in [0.2, 0.25) is 0 Å². The van der Waals surface area contributed by atoms with Gasteiger partial charge in [0.25, 0.3) is 0 Å². The van der Waals surface area contributed by atoms with Crippen LogP contribution in [-0.4, -0.2) is 50.6 Å². The number of aliphatic hydroxyl groups is 1. The van der Waals surface area contributed by atoms with Crippen LogP contribution in [0.4, 0.5) is 0 Å². The summed E-state index contributed by atoms with van der Waals surface area (Å²) >= 11 is 0. The van der Waals surface area contributed by atoms with Crippen molar-refractivity contribution >= 4 is 15.9 Å². The standard InChI is InChI=1S/C12H18N2O4S/c1-10(15)9-14(2)12(16)8-13-19(17,18)11-6-4-3-5-7-11/h3-7,10,13,15H,8-9H2,1-2H3. The molecule has 7 heteroatoms. The minimum absolute atomic E-state index is 0.112. The fourth-order valence-corrected chi connectivity index (χ4v) is 2.47. The van der Waals surface area contributed by atoms with Gasteiger partial charge in [-0.3, -0.25) is 4.79 Å². The summed E-state index contributed by atoms with van der Waals surface area (Å²) in [7, 11) is -2.17. The Morgan fingerprint density at radius 2 is 1.95 bits per heavy atom. The van der Waals surface area contributed by atoms with Crippen LogP contribution in [0.15, 0.2) is 35.2 Å². The van der Waals surface area contributed by atoms with Crippen molar-refractivity contribution in [2.45, 2.75) is 17.9 Å². The molecule has 0 aliphatic carbocycles. The number of rotatable bonds is 6. The maximum Gasteiger partial charge on any atom is 0.241 e. The Balaban J connectivity index is 2.59. The molecule has 0 aliphatic heterocycles. The second-order valence-corrected chi connectivity index (χ2v) is 6.03. The van der Waals surface area contributed by atoms with Crippen LogP contribution in [0.3, 0.4) is 0 Å². The van der Waals surface area contributed by atoms with E-state index in [0.717, 1.165) is 0 Å². The third kappa shape index (κ3) is 4.98. The van der Waals surface area contributed by atoms with Gasteiger partial charge >= 0.3 is 0 Å². The van der Waals surface area contributed by atoms with Gasteiger partial charge in [-0.05, 0) is 19.1 Å². The molecule has 1 rings (SSSR count). The molecule has 0 heterocycles. The summed E-state index contributed by atoms with van der Waals surface area (Å²) in [4.78, 5) is 13.0. The number of amides is 1. The van der Waals surface area contributed by atoms with E-state index < -0.39 is 22.0 Å². The smallest absolute Gasteiger partial charge is 0.241 e. The molecule has 1 aromatic carbocycles. The number of sulfonamides is 1. The predicted molar refractivity (Wildman–Crippen MR) is 70.9 cm³/mol. The molecule has 1 aromatic rings. The molecule has 1 atom stereocenters. The van der Waals surface area contributed by atoms with E-state index in [-0.39, 0.29) is 18.0 Å². The minimum Gasteiger partial charge on any atom is -0.392 e. The van der Waals surface area contributed by atoms with E-state index in [1.807, 2.05) is 0 Å². The molecule has 0 spiro atoms. The zero-order valence-corrected chi connectivity index (χ0v) is 11.7. The molecule has 0 saturated carbocycles. The van der Waals surface area contributed by atoms with Gasteiger partial charge in [0.15, 0.2) is 0 Å². The van der Waals surface area contributed by atoms with E-state index in [9.17, 15) is 13.2 Å². The van der Waals surface area contributed by atoms with Gasteiger partial charge in [0.05, 0.1) is 17.5 Å². The zero-order chi connectivity index (χ0) is 14.5. The fourth-order valence-electron chi connectivity index (χ4n) is 1.47. The first-order chi connectivity index (χ1) is 8.83. The number of nitrogens with one attached hydrogen (secondary N) is 1. The van der Waals surface area contributed by atoms with Crippen molar-refractivity contribution in [2.75, 3.05) is 20.1 Å². The molecule has 0 bridgehead atoms. The van der Waals surface area contributed by atoms with Crippen molar-refractivity contribution < 1.29 is 18.3 Å². The lowest BCUT2D eigenvalue weighted by Crippen LogP contribution is -2.40. The van der Waals surface area contributed by atoms with Crippen LogP contribution in [0.1, 0.15) is 6.92 Å². The van der Waals surface area contributed by atoms with Crippen LogP contribution in [0, 0.1) is 0 Å². The van der Waals surface area contributed by atoms with Gasteiger partial charge in [0.2, 0.25) is 15.9 Å². The van der Waals surface area contributed by atoms with Crippen LogP contribution in [0.5, 0.6) is 0 Å². The van der Waals surface area contributed by atoms with E-state index in [2.05, 4.69) is 4.72 Å². The molecule has 1 amide bonds. The van der Waals surface area contributed by atoms with Crippen LogP contribution >= 0.6 is 0 Å². The predicted octanol–water partition coefficient (Wildman–Crippen LogP) is -0.196. The topological polar surface area (TPSA) is 86.7 Å². The summed E-state index contributed by atoms with van der Waals surface area (Å²) < 4.78 is 25.9. The monoisotopic (exact) mass is 286 g/mol. The summed E-state index contributed by atoms with van der Waals surface area (Å²) in [6, 6.07) is 7.82. The molecule has 0 saturated heterocycles. The highest BCUT2D eigenvalue weighted by Gasteiger charge is 2.17. The molecule has 106 valence electrons. The van der Waals surface area contributed by atoms with Gasteiger partial charge in [-0.2, -0.15) is 0 Å². The molecule has 19 heavy (non-hydrogen) atoms. The van der Waals surface area contributed by atoms with Gasteiger partial charge in [-0.15, -0.1) is 0 Å². The quantitative estimate of drug-likeness (QED) is 0.758. The number of carbonyl (C=O) groups is 1. The molecule has 0 fully saturated rings. The Hall–Kier alpha value is -1.44. The molecule has 0 aliphatic rings. The van der Waals surface area contributed by atoms with Crippen LogP contribution in [-0.2, 0) is 14.8 Å². The van der Waals surface area contributed by atoms with Crippen LogP contribution in [0.25, 0.3) is 0 Å². The largest absolute Gasteiger partial charge is 0.392 e. The second kappa shape index (κ2) is 6.65. The summed E-state index contributed by atoms with van der Waals surface area (Å²) in [6.45, 7) is 1.38. The van der Waals surface area contributed by atoms with E-state index >= 15 is 0 Å². The summed E-state index contributed by atoms with van der Waals surface area (Å²) in [5, 5.41) is 9.15. The summed E-state index contributed by atoms with van der Waals surface area (Å²) in [5.41, 5.74) is 0. The Bertz CT molecular complexity index is 514. The number of benzene rings is 1. The fraction of sp³-hybridized carbons (Fsp3) is 0.417. The van der Waals surface area contributed by atoms with E-state index in [1.165, 1.54) is 24.1 Å². The van der Waals surface area contributed by atoms with Crippen molar-refractivity contribution in [1.82, 2.24) is 9.62 Å². The van der Waals surface area contributed by atoms with E-state index in [1.54, 1.807) is 25.1 Å². The summed E-state index contributed by atoms with van der Waals surface area (Å²) in [6.07, 6.45) is -0.653. The Morgan fingerprint density at radius 1 is 1.37 bits per heavy atom. The lowest BCUT2D eigenvalue weighted by atomic mass is 10.3. The number of hydrogen-bond acceptors (Lipinski definition) is 4. The van der Waals surface area contributed by atoms with Crippen molar-refractivity contribution in [1.29, 1.82) is 0 Å². The SMILES string of the molecule is CC(O)CN(C)C(=O)CNS(=O)(=O)c1ccccc1. The first-order valence-electron chi connectivity index (χ1n) is 5.79. The van der Waals surface area contributed by atoms with E-state index in [4.69, 9.17) is 5.11 Å². The highest BCUT2D eigenvalue weighted by Crippen LogP contribution is 2.06. The highest BCUT2D eigenvalue weighted by atomic mass is 32.2. The Kier molecular flexibility index (Phi) is 5.46. The average Bonchev–Trinajstić information content (AvgIpc) is 2.36. The first kappa shape index (κ1) is 15.6. The molecule has 2 N–H and O–H groups in total. The molecule has 1 unspecified atom stereocenters. The van der Waals surface area contributed by atoms with Crippen molar-refractivity contribution in [3.8, 4) is 0 Å². The Morgan fingerprint density at radius 3 is 2.47 bits per heavy atom. The number of likely N-dealkylation sites (N-methyl/N-ethyl adjacent to an activating group) is 1. The van der Waals surface area contributed by atoms with Crippen LogP contribution < -0.4 is 4.72 Å². The van der Waals surface area contributed by atoms with Crippen molar-refractivity contribution in [2.24, 2.45) is 0 Å². The number of aliphatic hydroxyl groups excluding tert-OH is 1. The number of hydrogen-bond donors (Lipinski definition) is 2. The van der Waals surface area contributed by atoms with Gasteiger partial charge < -0.3 is 10.0 Å². The lowest BCUT2D eigenvalue weighted by Gasteiger charge is -2.18. The maximum atomic E-state index is 11.9. The molecule has 0 radical (unpaired) electrons. The van der Waals surface area contributed by atoms with Crippen molar-refractivity contribution in [3.05, 3.63) is 30.3 Å². The average molecular weight is 286 g/mol. The zero-order valence-electron chi connectivity index (χ0n) is 10.9. The summed E-state index contributed by atoms with van der Waals surface area (Å²) in [5.74, 6) is -0.402. The number of carbonyl (C=O) groups excluding carboxylic acids is 1. The number of nitrogens with zero attached hydrogens (tertiary/aromatic N) is 1. The third-order valence-electron chi connectivity index (χ3n) is 2.43. The van der Waals surface area contributed by atoms with Gasteiger partial charge in [0.1, 0.15) is 0 Å². The Labute approximate surface area is 113 Å². The molecular weight excluding hydrogens is 268 g/mol. The van der Waals surface area contributed by atoms with Gasteiger partial charge in [0, 0.05) is 13.6 Å². The van der Waals surface area contributed by atoms with E-state index in [0.29, 0.717) is 0 Å². The lowest BCUT2D eigenvalue weighted by molar-refractivity contribution is -0.129. The third-order valence-corrected chi connectivity index (χ3v) is 3.85.